The summed E-state index contributed by atoms with van der Waals surface area (Å²) < 4.78 is 0. The van der Waals surface area contributed by atoms with Crippen LogP contribution < -0.4 is 5.32 Å². The van der Waals surface area contributed by atoms with E-state index in [2.05, 4.69) is 22.2 Å². The summed E-state index contributed by atoms with van der Waals surface area (Å²) in [7, 11) is 2.08. The normalized spacial score (nSPS) is 18.8. The summed E-state index contributed by atoms with van der Waals surface area (Å²) >= 11 is 12.6. The van der Waals surface area contributed by atoms with Gasteiger partial charge in [0.1, 0.15) is 6.04 Å². The van der Waals surface area contributed by atoms with Gasteiger partial charge in [0.15, 0.2) is 0 Å². The van der Waals surface area contributed by atoms with Gasteiger partial charge < -0.3 is 20.1 Å². The zero-order chi connectivity index (χ0) is 24.6. The summed E-state index contributed by atoms with van der Waals surface area (Å²) in [6.07, 6.45) is 4.67. The predicted molar refractivity (Wildman–Crippen MR) is 140 cm³/mol. The van der Waals surface area contributed by atoms with Crippen molar-refractivity contribution in [2.24, 2.45) is 0 Å². The summed E-state index contributed by atoms with van der Waals surface area (Å²) in [6.45, 7) is 3.13. The number of aromatic nitrogens is 1. The topological polar surface area (TPSA) is 68.4 Å². The molecule has 2 aliphatic rings. The van der Waals surface area contributed by atoms with E-state index in [1.807, 2.05) is 41.4 Å². The summed E-state index contributed by atoms with van der Waals surface area (Å²) in [5.74, 6) is -0.177. The molecule has 1 aliphatic carbocycles. The lowest BCUT2D eigenvalue weighted by molar-refractivity contribution is -0.137. The molecule has 1 unspecified atom stereocenters. The number of carbonyl (C=O) groups excluding carboxylic acids is 2. The van der Waals surface area contributed by atoms with E-state index in [0.29, 0.717) is 42.4 Å². The second-order valence-corrected chi connectivity index (χ2v) is 10.6. The van der Waals surface area contributed by atoms with Crippen molar-refractivity contribution in [3.8, 4) is 0 Å². The van der Waals surface area contributed by atoms with Crippen LogP contribution in [0.3, 0.4) is 0 Å². The van der Waals surface area contributed by atoms with Gasteiger partial charge in [-0.1, -0.05) is 47.5 Å². The Bertz CT molecular complexity index is 1250. The Labute approximate surface area is 215 Å². The number of halogens is 2. The van der Waals surface area contributed by atoms with E-state index in [1.54, 1.807) is 12.1 Å². The summed E-state index contributed by atoms with van der Waals surface area (Å²) in [5.41, 5.74) is 2.10. The Morgan fingerprint density at radius 1 is 1.09 bits per heavy atom. The molecule has 2 heterocycles. The van der Waals surface area contributed by atoms with Crippen LogP contribution in [0.25, 0.3) is 10.9 Å². The number of likely N-dealkylation sites (N-methyl/N-ethyl adjacent to an activating group) is 1. The van der Waals surface area contributed by atoms with Crippen molar-refractivity contribution in [3.05, 3.63) is 69.8 Å². The average Bonchev–Trinajstić information content (AvgIpc) is 3.59. The molecular weight excluding hydrogens is 483 g/mol. The molecule has 35 heavy (non-hydrogen) atoms. The molecule has 0 bridgehead atoms. The highest BCUT2D eigenvalue weighted by molar-refractivity contribution is 6.35. The second kappa shape index (κ2) is 9.84. The van der Waals surface area contributed by atoms with Gasteiger partial charge in [-0.05, 0) is 62.2 Å². The Hall–Kier alpha value is -2.54. The minimum absolute atomic E-state index is 0.0306. The van der Waals surface area contributed by atoms with Gasteiger partial charge in [-0.25, -0.2) is 0 Å². The molecule has 1 aromatic heterocycles. The molecule has 6 nitrogen and oxygen atoms in total. The van der Waals surface area contributed by atoms with Gasteiger partial charge in [0.25, 0.3) is 0 Å². The van der Waals surface area contributed by atoms with Crippen LogP contribution in [0, 0.1) is 0 Å². The van der Waals surface area contributed by atoms with Gasteiger partial charge in [0.05, 0.1) is 5.41 Å². The third kappa shape index (κ3) is 4.92. The van der Waals surface area contributed by atoms with Crippen LogP contribution in [0.2, 0.25) is 10.0 Å². The fraction of sp³-hybridized carbons (Fsp3) is 0.407. The predicted octanol–water partition coefficient (Wildman–Crippen LogP) is 4.40. The molecule has 184 valence electrons. The average molecular weight is 513 g/mol. The molecule has 8 heteroatoms. The van der Waals surface area contributed by atoms with Crippen LogP contribution in [-0.4, -0.2) is 65.9 Å². The molecule has 0 spiro atoms. The molecule has 2 N–H and O–H groups in total. The molecule has 3 aromatic rings. The van der Waals surface area contributed by atoms with Crippen LogP contribution in [0.1, 0.15) is 30.4 Å². The minimum Gasteiger partial charge on any atom is -0.361 e. The highest BCUT2D eigenvalue weighted by Crippen LogP contribution is 2.51. The first kappa shape index (κ1) is 24.2. The van der Waals surface area contributed by atoms with Gasteiger partial charge in [0, 0.05) is 53.2 Å². The van der Waals surface area contributed by atoms with E-state index < -0.39 is 11.5 Å². The standard InChI is InChI=1S/C27H30Cl2N4O2/c1-32-11-4-12-33(14-13-32)25(34)24(15-18-17-30-23-6-3-2-5-20(18)23)31-26(35)27(9-10-27)21-8-7-19(28)16-22(21)29/h2-3,5-8,16-17,24,30H,4,9-15H2,1H3,(H,31,35). The number of rotatable bonds is 6. The number of hydrogen-bond acceptors (Lipinski definition) is 3. The fourth-order valence-electron chi connectivity index (χ4n) is 5.13. The number of benzene rings is 2. The highest BCUT2D eigenvalue weighted by Gasteiger charge is 2.53. The third-order valence-corrected chi connectivity index (χ3v) is 7.91. The van der Waals surface area contributed by atoms with Crippen LogP contribution in [0.4, 0.5) is 0 Å². The van der Waals surface area contributed by atoms with Crippen LogP contribution in [-0.2, 0) is 21.4 Å². The lowest BCUT2D eigenvalue weighted by Gasteiger charge is -2.28. The number of hydrogen-bond donors (Lipinski definition) is 2. The molecule has 2 aromatic carbocycles. The molecular formula is C27H30Cl2N4O2. The van der Waals surface area contributed by atoms with E-state index in [0.717, 1.165) is 41.5 Å². The molecule has 2 amide bonds. The van der Waals surface area contributed by atoms with Crippen molar-refractivity contribution in [2.75, 3.05) is 33.2 Å². The van der Waals surface area contributed by atoms with Gasteiger partial charge in [-0.3, -0.25) is 9.59 Å². The van der Waals surface area contributed by atoms with Crippen molar-refractivity contribution in [2.45, 2.75) is 37.1 Å². The van der Waals surface area contributed by atoms with E-state index in [-0.39, 0.29) is 11.8 Å². The van der Waals surface area contributed by atoms with Crippen LogP contribution >= 0.6 is 23.2 Å². The van der Waals surface area contributed by atoms with E-state index in [4.69, 9.17) is 23.2 Å². The Balaban J connectivity index is 1.42. The van der Waals surface area contributed by atoms with Crippen molar-refractivity contribution >= 4 is 45.9 Å². The number of carbonyl (C=O) groups is 2. The summed E-state index contributed by atoms with van der Waals surface area (Å²) in [6, 6.07) is 12.6. The van der Waals surface area contributed by atoms with Gasteiger partial charge in [-0.2, -0.15) is 0 Å². The molecule has 0 radical (unpaired) electrons. The lowest BCUT2D eigenvalue weighted by atomic mass is 9.93. The van der Waals surface area contributed by atoms with Gasteiger partial charge >= 0.3 is 0 Å². The second-order valence-electron chi connectivity index (χ2n) is 9.78. The van der Waals surface area contributed by atoms with E-state index in [1.165, 1.54) is 0 Å². The van der Waals surface area contributed by atoms with Gasteiger partial charge in [-0.15, -0.1) is 0 Å². The lowest BCUT2D eigenvalue weighted by Crippen LogP contribution is -2.52. The third-order valence-electron chi connectivity index (χ3n) is 7.36. The number of para-hydroxylation sites is 1. The van der Waals surface area contributed by atoms with E-state index in [9.17, 15) is 9.59 Å². The SMILES string of the molecule is CN1CCCN(C(=O)C(Cc2c[nH]c3ccccc23)NC(=O)C2(c3ccc(Cl)cc3Cl)CC2)CC1. The number of fused-ring (bicyclic) bond motifs is 1. The summed E-state index contributed by atoms with van der Waals surface area (Å²) in [4.78, 5) is 34.9. The largest absolute Gasteiger partial charge is 0.361 e. The smallest absolute Gasteiger partial charge is 0.245 e. The molecule has 2 fully saturated rings. The Kier molecular flexibility index (Phi) is 6.80. The van der Waals surface area contributed by atoms with Crippen LogP contribution in [0.15, 0.2) is 48.7 Å². The number of amides is 2. The molecule has 1 saturated heterocycles. The molecule has 1 saturated carbocycles. The molecule has 1 aliphatic heterocycles. The minimum atomic E-state index is -0.709. The zero-order valence-corrected chi connectivity index (χ0v) is 21.3. The van der Waals surface area contributed by atoms with Crippen molar-refractivity contribution in [1.82, 2.24) is 20.1 Å². The van der Waals surface area contributed by atoms with Crippen molar-refractivity contribution in [3.63, 3.8) is 0 Å². The van der Waals surface area contributed by atoms with Crippen LogP contribution in [0.5, 0.6) is 0 Å². The fourth-order valence-corrected chi connectivity index (χ4v) is 5.71. The number of aromatic amines is 1. The Morgan fingerprint density at radius 2 is 1.89 bits per heavy atom. The molecule has 1 atom stereocenters. The number of H-pyrrole nitrogens is 1. The highest BCUT2D eigenvalue weighted by atomic mass is 35.5. The van der Waals surface area contributed by atoms with Crippen molar-refractivity contribution < 1.29 is 9.59 Å². The maximum Gasteiger partial charge on any atom is 0.245 e. The first-order chi connectivity index (χ1) is 16.9. The number of nitrogens with zero attached hydrogens (tertiary/aromatic N) is 2. The van der Waals surface area contributed by atoms with Crippen molar-refractivity contribution in [1.29, 1.82) is 0 Å². The quantitative estimate of drug-likeness (QED) is 0.514. The first-order valence-electron chi connectivity index (χ1n) is 12.2. The monoisotopic (exact) mass is 512 g/mol. The maximum atomic E-state index is 13.8. The Morgan fingerprint density at radius 3 is 2.66 bits per heavy atom. The first-order valence-corrected chi connectivity index (χ1v) is 12.9. The van der Waals surface area contributed by atoms with E-state index >= 15 is 0 Å². The zero-order valence-electron chi connectivity index (χ0n) is 19.8. The number of nitrogens with one attached hydrogen (secondary N) is 2. The molecule has 5 rings (SSSR count). The summed E-state index contributed by atoms with van der Waals surface area (Å²) in [5, 5.41) is 5.23. The maximum absolute atomic E-state index is 13.8. The van der Waals surface area contributed by atoms with Gasteiger partial charge in [0.2, 0.25) is 11.8 Å².